The zero-order valence-electron chi connectivity index (χ0n) is 13.2. The highest BCUT2D eigenvalue weighted by atomic mass is 16.4. The molecular weight excluding hydrogens is 320 g/mol. The minimum Gasteiger partial charge on any atom is -0.545 e. The summed E-state index contributed by atoms with van der Waals surface area (Å²) >= 11 is 0. The number of aromatic nitrogens is 4. The molecule has 0 atom stereocenters. The van der Waals surface area contributed by atoms with Crippen molar-refractivity contribution in [2.75, 3.05) is 0 Å². The van der Waals surface area contributed by atoms with Crippen LogP contribution in [-0.2, 0) is 0 Å². The summed E-state index contributed by atoms with van der Waals surface area (Å²) in [5, 5.41) is 13.8. The minimum absolute atomic E-state index is 0.114. The maximum atomic E-state index is 11.9. The Kier molecular flexibility index (Phi) is 3.28. The number of aromatic carboxylic acids is 1. The number of carboxylic acid groups (broad SMARTS) is 1. The van der Waals surface area contributed by atoms with Crippen molar-refractivity contribution in [1.82, 2.24) is 19.7 Å². The van der Waals surface area contributed by atoms with Gasteiger partial charge in [0.25, 0.3) is 5.56 Å². The van der Waals surface area contributed by atoms with E-state index in [9.17, 15) is 14.7 Å². The number of carboxylic acids is 1. The number of aromatic amines is 2. The molecule has 0 unspecified atom stereocenters. The number of hydrogen-bond acceptors (Lipinski definition) is 4. The van der Waals surface area contributed by atoms with Gasteiger partial charge in [-0.3, -0.25) is 9.89 Å². The Morgan fingerprint density at radius 2 is 1.88 bits per heavy atom. The molecule has 2 aromatic carbocycles. The lowest BCUT2D eigenvalue weighted by Gasteiger charge is -2.02. The van der Waals surface area contributed by atoms with Gasteiger partial charge in [0.2, 0.25) is 0 Å². The molecule has 25 heavy (non-hydrogen) atoms. The predicted molar refractivity (Wildman–Crippen MR) is 90.5 cm³/mol. The number of carbonyl (C=O) groups excluding carboxylic acids is 1. The molecule has 0 spiro atoms. The molecule has 0 saturated carbocycles. The van der Waals surface area contributed by atoms with Crippen molar-refractivity contribution in [3.8, 4) is 17.1 Å². The van der Waals surface area contributed by atoms with E-state index in [0.29, 0.717) is 11.5 Å². The number of H-pyrrole nitrogens is 2. The van der Waals surface area contributed by atoms with E-state index in [2.05, 4.69) is 15.1 Å². The highest BCUT2D eigenvalue weighted by Crippen LogP contribution is 2.22. The van der Waals surface area contributed by atoms with Crippen molar-refractivity contribution in [2.45, 2.75) is 6.92 Å². The van der Waals surface area contributed by atoms with Gasteiger partial charge in [0.1, 0.15) is 5.82 Å². The highest BCUT2D eigenvalue weighted by Gasteiger charge is 2.09. The fourth-order valence-electron chi connectivity index (χ4n) is 2.74. The number of imidazole rings is 1. The van der Waals surface area contributed by atoms with E-state index >= 15 is 0 Å². The third kappa shape index (κ3) is 2.61. The zero-order chi connectivity index (χ0) is 17.6. The fourth-order valence-corrected chi connectivity index (χ4v) is 2.74. The van der Waals surface area contributed by atoms with Crippen LogP contribution in [0.15, 0.2) is 53.3 Å². The molecule has 7 heteroatoms. The molecule has 0 aliphatic heterocycles. The van der Waals surface area contributed by atoms with E-state index in [1.54, 1.807) is 12.1 Å². The van der Waals surface area contributed by atoms with Gasteiger partial charge in [0.05, 0.1) is 22.7 Å². The molecule has 0 aliphatic carbocycles. The first-order chi connectivity index (χ1) is 12.0. The van der Waals surface area contributed by atoms with Gasteiger partial charge < -0.3 is 14.9 Å². The van der Waals surface area contributed by atoms with Gasteiger partial charge in [-0.1, -0.05) is 24.3 Å². The Balaban J connectivity index is 1.76. The van der Waals surface area contributed by atoms with Crippen LogP contribution in [0, 0.1) is 6.92 Å². The number of aryl methyl sites for hydroxylation is 1. The number of nitrogens with one attached hydrogen (secondary N) is 2. The average Bonchev–Trinajstić information content (AvgIpc) is 3.16. The van der Waals surface area contributed by atoms with Crippen LogP contribution in [0.25, 0.3) is 28.1 Å². The van der Waals surface area contributed by atoms with Gasteiger partial charge in [-0.25, -0.2) is 9.67 Å². The van der Waals surface area contributed by atoms with Crippen molar-refractivity contribution < 1.29 is 9.90 Å². The lowest BCUT2D eigenvalue weighted by molar-refractivity contribution is -0.255. The Morgan fingerprint density at radius 1 is 1.12 bits per heavy atom. The summed E-state index contributed by atoms with van der Waals surface area (Å²) in [6.45, 7) is 1.82. The molecule has 4 aromatic rings. The third-order valence-corrected chi connectivity index (χ3v) is 3.97. The van der Waals surface area contributed by atoms with E-state index in [1.165, 1.54) is 22.9 Å². The summed E-state index contributed by atoms with van der Waals surface area (Å²) in [7, 11) is 0. The summed E-state index contributed by atoms with van der Waals surface area (Å²) < 4.78 is 1.46. The lowest BCUT2D eigenvalue weighted by atomic mass is 10.1. The van der Waals surface area contributed by atoms with Gasteiger partial charge in [0.15, 0.2) is 0 Å². The maximum Gasteiger partial charge on any atom is 0.271 e. The molecule has 0 bridgehead atoms. The van der Waals surface area contributed by atoms with Gasteiger partial charge in [0, 0.05) is 17.3 Å². The molecule has 2 heterocycles. The smallest absolute Gasteiger partial charge is 0.271 e. The predicted octanol–water partition coefficient (Wildman–Crippen LogP) is 1.38. The second-order valence-electron chi connectivity index (χ2n) is 5.76. The standard InChI is InChI=1S/C18H14N4O3/c1-10-8-16(23)22(21-10)13-6-7-14-15(9-13)20-17(19-14)11-2-4-12(5-3-11)18(24)25/h2-9,21H,1H3,(H,19,20)(H,24,25)/p-1. The molecule has 2 aromatic heterocycles. The molecule has 7 nitrogen and oxygen atoms in total. The Morgan fingerprint density at radius 3 is 2.52 bits per heavy atom. The minimum atomic E-state index is -1.22. The molecule has 0 amide bonds. The molecule has 0 aliphatic rings. The first-order valence-electron chi connectivity index (χ1n) is 7.62. The molecular formula is C18H13N4O3-. The van der Waals surface area contributed by atoms with E-state index in [0.717, 1.165) is 22.3 Å². The highest BCUT2D eigenvalue weighted by molar-refractivity contribution is 5.87. The fraction of sp³-hybridized carbons (Fsp3) is 0.0556. The van der Waals surface area contributed by atoms with Gasteiger partial charge in [-0.15, -0.1) is 0 Å². The van der Waals surface area contributed by atoms with Crippen LogP contribution in [0.3, 0.4) is 0 Å². The summed E-state index contributed by atoms with van der Waals surface area (Å²) in [5.74, 6) is -0.598. The number of carbonyl (C=O) groups is 1. The molecule has 4 rings (SSSR count). The van der Waals surface area contributed by atoms with Crippen LogP contribution in [0.5, 0.6) is 0 Å². The molecule has 0 saturated heterocycles. The molecule has 0 fully saturated rings. The van der Waals surface area contributed by atoms with E-state index in [4.69, 9.17) is 0 Å². The molecule has 124 valence electrons. The topological polar surface area (TPSA) is 107 Å². The Bertz CT molecular complexity index is 1150. The van der Waals surface area contributed by atoms with E-state index in [1.807, 2.05) is 25.1 Å². The first-order valence-corrected chi connectivity index (χ1v) is 7.62. The quantitative estimate of drug-likeness (QED) is 0.590. The number of rotatable bonds is 3. The maximum absolute atomic E-state index is 11.9. The number of nitrogens with zero attached hydrogens (tertiary/aromatic N) is 2. The van der Waals surface area contributed by atoms with Crippen LogP contribution in [0.4, 0.5) is 0 Å². The average molecular weight is 333 g/mol. The molecule has 0 radical (unpaired) electrons. The van der Waals surface area contributed by atoms with Crippen molar-refractivity contribution in [2.24, 2.45) is 0 Å². The molecule has 2 N–H and O–H groups in total. The number of benzene rings is 2. The van der Waals surface area contributed by atoms with Crippen LogP contribution < -0.4 is 10.7 Å². The second kappa shape index (κ2) is 5.48. The van der Waals surface area contributed by atoms with Crippen LogP contribution in [0.1, 0.15) is 16.1 Å². The largest absolute Gasteiger partial charge is 0.545 e. The number of hydrogen-bond donors (Lipinski definition) is 2. The van der Waals surface area contributed by atoms with Gasteiger partial charge in [-0.05, 0) is 30.7 Å². The number of fused-ring (bicyclic) bond motifs is 1. The second-order valence-corrected chi connectivity index (χ2v) is 5.76. The van der Waals surface area contributed by atoms with E-state index < -0.39 is 5.97 Å². The monoisotopic (exact) mass is 333 g/mol. The van der Waals surface area contributed by atoms with Gasteiger partial charge in [-0.2, -0.15) is 0 Å². The van der Waals surface area contributed by atoms with Gasteiger partial charge >= 0.3 is 0 Å². The Labute approximate surface area is 141 Å². The summed E-state index contributed by atoms with van der Waals surface area (Å²) in [6.07, 6.45) is 0. The lowest BCUT2D eigenvalue weighted by Crippen LogP contribution is -2.21. The zero-order valence-corrected chi connectivity index (χ0v) is 13.2. The van der Waals surface area contributed by atoms with Crippen molar-refractivity contribution in [1.29, 1.82) is 0 Å². The summed E-state index contributed by atoms with van der Waals surface area (Å²) in [6, 6.07) is 13.3. The third-order valence-electron chi connectivity index (χ3n) is 3.97. The van der Waals surface area contributed by atoms with Crippen molar-refractivity contribution in [3.05, 3.63) is 70.1 Å². The van der Waals surface area contributed by atoms with Crippen LogP contribution >= 0.6 is 0 Å². The summed E-state index contributed by atoms with van der Waals surface area (Å²) in [5.41, 5.74) is 3.75. The van der Waals surface area contributed by atoms with Crippen molar-refractivity contribution in [3.63, 3.8) is 0 Å². The van der Waals surface area contributed by atoms with Crippen LogP contribution in [0.2, 0.25) is 0 Å². The summed E-state index contributed by atoms with van der Waals surface area (Å²) in [4.78, 5) is 30.5. The Hall–Kier alpha value is -3.61. The first kappa shape index (κ1) is 14.9. The van der Waals surface area contributed by atoms with Crippen molar-refractivity contribution >= 4 is 17.0 Å². The van der Waals surface area contributed by atoms with E-state index in [-0.39, 0.29) is 11.1 Å². The SMILES string of the molecule is Cc1cc(=O)n(-c2ccc3nc(-c4ccc(C(=O)[O-])cc4)[nH]c3c2)[nH]1. The normalized spacial score (nSPS) is 11.1. The van der Waals surface area contributed by atoms with Crippen LogP contribution in [-0.4, -0.2) is 25.7 Å².